The fraction of sp³-hybridized carbons (Fsp3) is 0.385. The summed E-state index contributed by atoms with van der Waals surface area (Å²) in [7, 11) is 1.99. The maximum atomic E-state index is 13.7. The molecule has 0 bridgehead atoms. The van der Waals surface area contributed by atoms with Crippen LogP contribution in [0.25, 0.3) is 0 Å². The lowest BCUT2D eigenvalue weighted by Crippen LogP contribution is -2.15. The summed E-state index contributed by atoms with van der Waals surface area (Å²) in [4.78, 5) is 2.12. The van der Waals surface area contributed by atoms with Crippen LogP contribution in [0.15, 0.2) is 48.6 Å². The predicted molar refractivity (Wildman–Crippen MR) is 63.3 cm³/mol. The van der Waals surface area contributed by atoms with Crippen LogP contribution in [0.3, 0.4) is 0 Å². The Balaban J connectivity index is 2.88. The van der Waals surface area contributed by atoms with E-state index in [1.165, 1.54) is 6.08 Å². The zero-order valence-electron chi connectivity index (χ0n) is 9.55. The molecule has 1 unspecified atom stereocenters. The summed E-state index contributed by atoms with van der Waals surface area (Å²) >= 11 is 0. The van der Waals surface area contributed by atoms with Gasteiger partial charge in [0.05, 0.1) is 0 Å². The molecule has 0 aromatic carbocycles. The van der Waals surface area contributed by atoms with Crippen LogP contribution in [-0.4, -0.2) is 25.0 Å². The largest absolute Gasteiger partial charge is 0.306 e. The highest BCUT2D eigenvalue weighted by Crippen LogP contribution is 2.29. The minimum absolute atomic E-state index is 0.110. The molecule has 1 aliphatic rings. The Hall–Kier alpha value is -1.22. The first kappa shape index (κ1) is 12.8. The maximum Gasteiger partial charge on any atom is 0.129 e. The summed E-state index contributed by atoms with van der Waals surface area (Å²) in [5, 5.41) is 0. The number of halogens is 2. The molecule has 0 aromatic rings. The van der Waals surface area contributed by atoms with Gasteiger partial charge in [-0.25, -0.2) is 8.78 Å². The van der Waals surface area contributed by atoms with Gasteiger partial charge in [-0.05, 0) is 25.6 Å². The zero-order chi connectivity index (χ0) is 12.1. The Morgan fingerprint density at radius 2 is 2.12 bits per heavy atom. The Kier molecular flexibility index (Phi) is 4.62. The summed E-state index contributed by atoms with van der Waals surface area (Å²) in [6, 6.07) is 0. The quantitative estimate of drug-likeness (QED) is 0.663. The zero-order valence-corrected chi connectivity index (χ0v) is 9.55. The Morgan fingerprint density at radius 3 is 2.56 bits per heavy atom. The lowest BCUT2D eigenvalue weighted by Gasteiger charge is -2.13. The average Bonchev–Trinajstić information content (AvgIpc) is 2.59. The van der Waals surface area contributed by atoms with Crippen LogP contribution in [-0.2, 0) is 0 Å². The number of nitrogens with zero attached hydrogens (tertiary/aromatic N) is 1. The molecule has 3 heteroatoms. The first-order valence-corrected chi connectivity index (χ1v) is 5.27. The highest BCUT2D eigenvalue weighted by Gasteiger charge is 2.25. The highest BCUT2D eigenvalue weighted by atomic mass is 19.1. The van der Waals surface area contributed by atoms with E-state index in [0.717, 1.165) is 25.6 Å². The smallest absolute Gasteiger partial charge is 0.129 e. The Bertz CT molecular complexity index is 342. The van der Waals surface area contributed by atoms with E-state index in [2.05, 4.69) is 18.1 Å². The number of rotatable bonds is 4. The van der Waals surface area contributed by atoms with Crippen molar-refractivity contribution < 1.29 is 8.78 Å². The second-order valence-electron chi connectivity index (χ2n) is 4.04. The molecular weight excluding hydrogens is 208 g/mol. The second kappa shape index (κ2) is 5.75. The van der Waals surface area contributed by atoms with Gasteiger partial charge >= 0.3 is 0 Å². The molecule has 1 atom stereocenters. The van der Waals surface area contributed by atoms with Crippen molar-refractivity contribution in [3.05, 3.63) is 48.6 Å². The molecule has 1 aliphatic heterocycles. The predicted octanol–water partition coefficient (Wildman–Crippen LogP) is 3.39. The molecule has 16 heavy (non-hydrogen) atoms. The standard InChI is InChI=1S/C13H17F2N/c1-4-5-12(13(15)8-10(2)14)11-6-7-16(3)9-11/h4-5,8,11H,1-2,6-7,9H2,3H3/b12-5-,13-8+. The van der Waals surface area contributed by atoms with E-state index >= 15 is 0 Å². The van der Waals surface area contributed by atoms with Gasteiger partial charge in [0, 0.05) is 18.5 Å². The van der Waals surface area contributed by atoms with Crippen LogP contribution in [0.5, 0.6) is 0 Å². The van der Waals surface area contributed by atoms with Crippen molar-refractivity contribution in [2.24, 2.45) is 5.92 Å². The van der Waals surface area contributed by atoms with E-state index in [1.807, 2.05) is 7.05 Å². The minimum Gasteiger partial charge on any atom is -0.306 e. The number of allylic oxidation sites excluding steroid dienone is 5. The van der Waals surface area contributed by atoms with Crippen LogP contribution in [0.2, 0.25) is 0 Å². The van der Waals surface area contributed by atoms with Crippen molar-refractivity contribution >= 4 is 0 Å². The topological polar surface area (TPSA) is 3.24 Å². The molecule has 1 fully saturated rings. The van der Waals surface area contributed by atoms with Crippen LogP contribution in [0.1, 0.15) is 6.42 Å². The molecule has 1 saturated heterocycles. The first-order chi connectivity index (χ1) is 7.54. The van der Waals surface area contributed by atoms with E-state index in [0.29, 0.717) is 5.57 Å². The third kappa shape index (κ3) is 3.42. The van der Waals surface area contributed by atoms with Gasteiger partial charge in [-0.15, -0.1) is 0 Å². The van der Waals surface area contributed by atoms with E-state index in [4.69, 9.17) is 0 Å². The van der Waals surface area contributed by atoms with Crippen molar-refractivity contribution in [3.8, 4) is 0 Å². The summed E-state index contributed by atoms with van der Waals surface area (Å²) in [5.74, 6) is -1.20. The van der Waals surface area contributed by atoms with Gasteiger partial charge < -0.3 is 4.90 Å². The van der Waals surface area contributed by atoms with Crippen LogP contribution in [0.4, 0.5) is 8.78 Å². The third-order valence-corrected chi connectivity index (χ3v) is 2.69. The maximum absolute atomic E-state index is 13.7. The lowest BCUT2D eigenvalue weighted by atomic mass is 9.96. The number of hydrogen-bond donors (Lipinski definition) is 0. The first-order valence-electron chi connectivity index (χ1n) is 5.27. The molecule has 0 amide bonds. The number of likely N-dealkylation sites (tertiary alicyclic amines) is 1. The Morgan fingerprint density at radius 1 is 1.44 bits per heavy atom. The second-order valence-corrected chi connectivity index (χ2v) is 4.04. The lowest BCUT2D eigenvalue weighted by molar-refractivity contribution is 0.403. The molecular formula is C13H17F2N. The monoisotopic (exact) mass is 225 g/mol. The van der Waals surface area contributed by atoms with E-state index in [9.17, 15) is 8.78 Å². The van der Waals surface area contributed by atoms with Crippen molar-refractivity contribution in [1.29, 1.82) is 0 Å². The molecule has 1 rings (SSSR count). The normalized spacial score (nSPS) is 23.6. The van der Waals surface area contributed by atoms with Gasteiger partial charge in [0.1, 0.15) is 11.7 Å². The summed E-state index contributed by atoms with van der Waals surface area (Å²) in [6.07, 6.45) is 4.85. The summed E-state index contributed by atoms with van der Waals surface area (Å²) in [5.41, 5.74) is 0.512. The molecule has 0 N–H and O–H groups in total. The molecule has 1 heterocycles. The van der Waals surface area contributed by atoms with Crippen molar-refractivity contribution in [1.82, 2.24) is 4.90 Å². The van der Waals surface area contributed by atoms with Crippen LogP contribution >= 0.6 is 0 Å². The van der Waals surface area contributed by atoms with Crippen LogP contribution in [0, 0.1) is 5.92 Å². The van der Waals surface area contributed by atoms with Crippen molar-refractivity contribution in [2.75, 3.05) is 20.1 Å². The summed E-state index contributed by atoms with van der Waals surface area (Å²) in [6.45, 7) is 8.31. The molecule has 0 saturated carbocycles. The van der Waals surface area contributed by atoms with Crippen molar-refractivity contribution in [3.63, 3.8) is 0 Å². The van der Waals surface area contributed by atoms with Crippen LogP contribution < -0.4 is 0 Å². The van der Waals surface area contributed by atoms with E-state index in [-0.39, 0.29) is 5.92 Å². The molecule has 0 aliphatic carbocycles. The fourth-order valence-electron chi connectivity index (χ4n) is 1.95. The molecule has 88 valence electrons. The van der Waals surface area contributed by atoms with Gasteiger partial charge in [0.15, 0.2) is 0 Å². The molecule has 1 nitrogen and oxygen atoms in total. The van der Waals surface area contributed by atoms with E-state index in [1.54, 1.807) is 6.08 Å². The van der Waals surface area contributed by atoms with Gasteiger partial charge in [0.2, 0.25) is 0 Å². The van der Waals surface area contributed by atoms with Gasteiger partial charge in [-0.2, -0.15) is 0 Å². The molecule has 0 radical (unpaired) electrons. The number of hydrogen-bond acceptors (Lipinski definition) is 1. The van der Waals surface area contributed by atoms with Gasteiger partial charge in [0.25, 0.3) is 0 Å². The van der Waals surface area contributed by atoms with E-state index < -0.39 is 11.7 Å². The highest BCUT2D eigenvalue weighted by molar-refractivity contribution is 5.34. The van der Waals surface area contributed by atoms with Crippen molar-refractivity contribution in [2.45, 2.75) is 6.42 Å². The molecule has 0 spiro atoms. The minimum atomic E-state index is -0.765. The van der Waals surface area contributed by atoms with Gasteiger partial charge in [-0.3, -0.25) is 0 Å². The molecule has 0 aromatic heterocycles. The summed E-state index contributed by atoms with van der Waals surface area (Å²) < 4.78 is 26.3. The average molecular weight is 225 g/mol. The van der Waals surface area contributed by atoms with Gasteiger partial charge in [-0.1, -0.05) is 25.3 Å². The Labute approximate surface area is 95.4 Å². The fourth-order valence-corrected chi connectivity index (χ4v) is 1.95. The third-order valence-electron chi connectivity index (χ3n) is 2.69. The SMILES string of the molecule is C=C/C=C(\C(F)=C/C(=C)F)C1CCN(C)C1.